The number of aryl methyl sites for hydroxylation is 1. The second-order valence-corrected chi connectivity index (χ2v) is 5.17. The van der Waals surface area contributed by atoms with Gasteiger partial charge in [-0.1, -0.05) is 12.1 Å². The average molecular weight is 245 g/mol. The standard InChI is InChI=1S/C15H19NO2/c1-15(2,14(16)17)13-6-4-5-10-9-11(18-3)7-8-12(10)13/h6-9H,4-5H2,1-3H3,(H2,16,17). The van der Waals surface area contributed by atoms with E-state index in [2.05, 4.69) is 6.08 Å². The molecule has 18 heavy (non-hydrogen) atoms. The Morgan fingerprint density at radius 1 is 1.39 bits per heavy atom. The molecule has 1 aliphatic carbocycles. The molecule has 0 bridgehead atoms. The Morgan fingerprint density at radius 3 is 2.72 bits per heavy atom. The molecule has 0 radical (unpaired) electrons. The van der Waals surface area contributed by atoms with E-state index >= 15 is 0 Å². The number of methoxy groups -OCH3 is 1. The zero-order valence-electron chi connectivity index (χ0n) is 11.1. The second-order valence-electron chi connectivity index (χ2n) is 5.17. The van der Waals surface area contributed by atoms with Crippen molar-refractivity contribution in [3.63, 3.8) is 0 Å². The molecule has 0 saturated carbocycles. The van der Waals surface area contributed by atoms with Gasteiger partial charge in [0.15, 0.2) is 0 Å². The first kappa shape index (κ1) is 12.7. The zero-order valence-corrected chi connectivity index (χ0v) is 11.1. The summed E-state index contributed by atoms with van der Waals surface area (Å²) in [5.74, 6) is 0.560. The molecule has 2 rings (SSSR count). The fourth-order valence-electron chi connectivity index (χ4n) is 2.37. The smallest absolute Gasteiger partial charge is 0.227 e. The normalized spacial score (nSPS) is 14.7. The van der Waals surface area contributed by atoms with Crippen molar-refractivity contribution in [2.75, 3.05) is 7.11 Å². The van der Waals surface area contributed by atoms with E-state index < -0.39 is 5.41 Å². The number of fused-ring (bicyclic) bond motifs is 1. The third-order valence-electron chi connectivity index (χ3n) is 3.65. The van der Waals surface area contributed by atoms with Crippen molar-refractivity contribution in [3.05, 3.63) is 35.4 Å². The number of benzene rings is 1. The molecule has 1 aromatic carbocycles. The number of carbonyl (C=O) groups excluding carboxylic acids is 1. The minimum Gasteiger partial charge on any atom is -0.497 e. The van der Waals surface area contributed by atoms with Crippen LogP contribution in [-0.2, 0) is 11.2 Å². The maximum Gasteiger partial charge on any atom is 0.227 e. The van der Waals surface area contributed by atoms with Crippen LogP contribution < -0.4 is 10.5 Å². The number of ether oxygens (including phenoxy) is 1. The summed E-state index contributed by atoms with van der Waals surface area (Å²) in [4.78, 5) is 11.6. The monoisotopic (exact) mass is 245 g/mol. The molecule has 2 N–H and O–H groups in total. The van der Waals surface area contributed by atoms with E-state index in [0.717, 1.165) is 29.7 Å². The number of carbonyl (C=O) groups is 1. The number of nitrogens with two attached hydrogens (primary N) is 1. The molecule has 0 aliphatic heterocycles. The van der Waals surface area contributed by atoms with E-state index in [1.807, 2.05) is 32.0 Å². The van der Waals surface area contributed by atoms with Crippen molar-refractivity contribution in [1.29, 1.82) is 0 Å². The largest absolute Gasteiger partial charge is 0.497 e. The predicted molar refractivity (Wildman–Crippen MR) is 72.3 cm³/mol. The van der Waals surface area contributed by atoms with Crippen LogP contribution in [0.1, 0.15) is 31.4 Å². The highest BCUT2D eigenvalue weighted by Crippen LogP contribution is 2.40. The van der Waals surface area contributed by atoms with E-state index in [9.17, 15) is 4.79 Å². The molecule has 1 aromatic rings. The van der Waals surface area contributed by atoms with Crippen LogP contribution in [0.5, 0.6) is 5.75 Å². The lowest BCUT2D eigenvalue weighted by Crippen LogP contribution is -2.33. The lowest BCUT2D eigenvalue weighted by molar-refractivity contribution is -0.123. The van der Waals surface area contributed by atoms with Crippen LogP contribution in [0, 0.1) is 5.41 Å². The van der Waals surface area contributed by atoms with Gasteiger partial charge in [-0.2, -0.15) is 0 Å². The van der Waals surface area contributed by atoms with Crippen LogP contribution in [-0.4, -0.2) is 13.0 Å². The van der Waals surface area contributed by atoms with Gasteiger partial charge in [0.2, 0.25) is 5.91 Å². The van der Waals surface area contributed by atoms with Crippen LogP contribution >= 0.6 is 0 Å². The number of primary amides is 1. The maximum absolute atomic E-state index is 11.6. The summed E-state index contributed by atoms with van der Waals surface area (Å²) >= 11 is 0. The summed E-state index contributed by atoms with van der Waals surface area (Å²) in [5, 5.41) is 0. The van der Waals surface area contributed by atoms with Gasteiger partial charge < -0.3 is 10.5 Å². The number of hydrogen-bond donors (Lipinski definition) is 1. The maximum atomic E-state index is 11.6. The van der Waals surface area contributed by atoms with Crippen molar-refractivity contribution in [2.24, 2.45) is 11.1 Å². The Bertz CT molecular complexity index is 515. The Balaban J connectivity index is 2.49. The van der Waals surface area contributed by atoms with Gasteiger partial charge in [0, 0.05) is 0 Å². The highest BCUT2D eigenvalue weighted by atomic mass is 16.5. The fraction of sp³-hybridized carbons (Fsp3) is 0.400. The number of hydrogen-bond acceptors (Lipinski definition) is 2. The summed E-state index contributed by atoms with van der Waals surface area (Å²) in [7, 11) is 1.66. The topological polar surface area (TPSA) is 52.3 Å². The molecular weight excluding hydrogens is 226 g/mol. The molecule has 0 heterocycles. The van der Waals surface area contributed by atoms with Crippen LogP contribution in [0.4, 0.5) is 0 Å². The Morgan fingerprint density at radius 2 is 2.11 bits per heavy atom. The van der Waals surface area contributed by atoms with Gasteiger partial charge in [-0.15, -0.1) is 0 Å². The van der Waals surface area contributed by atoms with E-state index in [0.29, 0.717) is 0 Å². The third kappa shape index (κ3) is 2.01. The lowest BCUT2D eigenvalue weighted by Gasteiger charge is -2.29. The summed E-state index contributed by atoms with van der Waals surface area (Å²) in [6.07, 6.45) is 4.04. The van der Waals surface area contributed by atoms with E-state index in [-0.39, 0.29) is 5.91 Å². The minimum atomic E-state index is -0.635. The molecule has 1 amide bonds. The Labute approximate surface area is 108 Å². The summed E-state index contributed by atoms with van der Waals surface area (Å²) < 4.78 is 5.24. The molecule has 0 aromatic heterocycles. The van der Waals surface area contributed by atoms with Crippen molar-refractivity contribution < 1.29 is 9.53 Å². The van der Waals surface area contributed by atoms with E-state index in [1.165, 1.54) is 5.56 Å². The highest BCUT2D eigenvalue weighted by molar-refractivity contribution is 5.95. The molecule has 0 fully saturated rings. The zero-order chi connectivity index (χ0) is 13.3. The van der Waals surface area contributed by atoms with Gasteiger partial charge in [-0.25, -0.2) is 0 Å². The van der Waals surface area contributed by atoms with Gasteiger partial charge in [-0.05, 0) is 55.5 Å². The fourth-order valence-corrected chi connectivity index (χ4v) is 2.37. The van der Waals surface area contributed by atoms with Crippen LogP contribution in [0.25, 0.3) is 5.57 Å². The number of allylic oxidation sites excluding steroid dienone is 1. The number of rotatable bonds is 3. The second kappa shape index (κ2) is 4.48. The van der Waals surface area contributed by atoms with Gasteiger partial charge in [-0.3, -0.25) is 4.79 Å². The van der Waals surface area contributed by atoms with Crippen molar-refractivity contribution in [3.8, 4) is 5.75 Å². The number of amides is 1. The van der Waals surface area contributed by atoms with Gasteiger partial charge in [0.1, 0.15) is 5.75 Å². The molecule has 0 spiro atoms. The molecular formula is C15H19NO2. The summed E-state index contributed by atoms with van der Waals surface area (Å²) in [5.41, 5.74) is 8.24. The quantitative estimate of drug-likeness (QED) is 0.889. The molecule has 96 valence electrons. The average Bonchev–Trinajstić information content (AvgIpc) is 2.37. The van der Waals surface area contributed by atoms with Crippen molar-refractivity contribution >= 4 is 11.5 Å². The molecule has 0 atom stereocenters. The van der Waals surface area contributed by atoms with Crippen LogP contribution in [0.15, 0.2) is 24.3 Å². The van der Waals surface area contributed by atoms with Crippen molar-refractivity contribution in [1.82, 2.24) is 0 Å². The Hall–Kier alpha value is -1.77. The first-order valence-electron chi connectivity index (χ1n) is 6.14. The minimum absolute atomic E-state index is 0.294. The lowest BCUT2D eigenvalue weighted by atomic mass is 9.75. The van der Waals surface area contributed by atoms with Gasteiger partial charge in [0.05, 0.1) is 12.5 Å². The third-order valence-corrected chi connectivity index (χ3v) is 3.65. The Kier molecular flexibility index (Phi) is 3.16. The van der Waals surface area contributed by atoms with Gasteiger partial charge in [0.25, 0.3) is 0 Å². The van der Waals surface area contributed by atoms with Crippen LogP contribution in [0.2, 0.25) is 0 Å². The van der Waals surface area contributed by atoms with Gasteiger partial charge >= 0.3 is 0 Å². The molecule has 0 saturated heterocycles. The molecule has 0 unspecified atom stereocenters. The summed E-state index contributed by atoms with van der Waals surface area (Å²) in [6.45, 7) is 3.75. The first-order chi connectivity index (χ1) is 8.46. The first-order valence-corrected chi connectivity index (χ1v) is 6.14. The molecule has 3 nitrogen and oxygen atoms in total. The van der Waals surface area contributed by atoms with E-state index in [4.69, 9.17) is 10.5 Å². The predicted octanol–water partition coefficient (Wildman–Crippen LogP) is 2.54. The molecule has 3 heteroatoms. The van der Waals surface area contributed by atoms with Crippen LogP contribution in [0.3, 0.4) is 0 Å². The molecule has 1 aliphatic rings. The van der Waals surface area contributed by atoms with E-state index in [1.54, 1.807) is 7.11 Å². The SMILES string of the molecule is COc1ccc2c(c1)CCC=C2C(C)(C)C(N)=O. The van der Waals surface area contributed by atoms with Crippen molar-refractivity contribution in [2.45, 2.75) is 26.7 Å². The summed E-state index contributed by atoms with van der Waals surface area (Å²) in [6, 6.07) is 5.98. The highest BCUT2D eigenvalue weighted by Gasteiger charge is 2.32.